The van der Waals surface area contributed by atoms with Gasteiger partial charge in [0.1, 0.15) is 40.9 Å². The molecule has 322 valence electrons. The molecule has 3 aromatic carbocycles. The van der Waals surface area contributed by atoms with Gasteiger partial charge in [0.05, 0.1) is 53.5 Å². The first-order valence-electron chi connectivity index (χ1n) is 19.8. The van der Waals surface area contributed by atoms with Gasteiger partial charge in [0.25, 0.3) is 0 Å². The Bertz CT molecular complexity index is 2440. The summed E-state index contributed by atoms with van der Waals surface area (Å²) in [4.78, 5) is 32.3. The summed E-state index contributed by atoms with van der Waals surface area (Å²) in [5.74, 6) is 0.224. The number of rotatable bonds is 8. The maximum absolute atomic E-state index is 17.5. The highest BCUT2D eigenvalue weighted by Crippen LogP contribution is 2.52. The normalized spacial score (nSPS) is 18.6. The number of amides is 1. The Balaban J connectivity index is 1.28. The molecular weight excluding hydrogens is 839 g/mol. The van der Waals surface area contributed by atoms with Crippen LogP contribution in [0.2, 0.25) is 10.3 Å². The van der Waals surface area contributed by atoms with Gasteiger partial charge in [-0.25, -0.2) is 19.2 Å². The molecule has 3 fully saturated rings. The number of aromatic nitrogens is 3. The van der Waals surface area contributed by atoms with Crippen molar-refractivity contribution in [3.8, 4) is 28.5 Å². The van der Waals surface area contributed by atoms with Crippen LogP contribution in [0.15, 0.2) is 54.6 Å². The molecule has 4 aliphatic rings. The van der Waals surface area contributed by atoms with Crippen molar-refractivity contribution in [2.45, 2.75) is 77.5 Å². The Kier molecular flexibility index (Phi) is 11.3. The van der Waals surface area contributed by atoms with Crippen LogP contribution >= 0.6 is 23.2 Å². The van der Waals surface area contributed by atoms with E-state index in [0.29, 0.717) is 24.5 Å². The molecule has 2 bridgehead atoms. The van der Waals surface area contributed by atoms with Gasteiger partial charge in [-0.1, -0.05) is 35.9 Å². The lowest BCUT2D eigenvalue weighted by atomic mass is 9.90. The molecule has 3 unspecified atom stereocenters. The molecule has 9 rings (SSSR count). The summed E-state index contributed by atoms with van der Waals surface area (Å²) in [6, 6.07) is 15.2. The molecule has 1 amide bonds. The number of halogens is 6. The summed E-state index contributed by atoms with van der Waals surface area (Å²) < 4.78 is 86.2. The molecule has 5 aromatic rings. The summed E-state index contributed by atoms with van der Waals surface area (Å²) in [5.41, 5.74) is -2.20. The van der Waals surface area contributed by atoms with Crippen LogP contribution in [0.4, 0.5) is 34.0 Å². The minimum atomic E-state index is -4.98. The van der Waals surface area contributed by atoms with Gasteiger partial charge in [0, 0.05) is 32.1 Å². The number of carbonyl (C=O) groups excluding carboxylic acids is 1. The van der Waals surface area contributed by atoms with Gasteiger partial charge in [-0.05, 0) is 99.2 Å². The van der Waals surface area contributed by atoms with Gasteiger partial charge in [0.15, 0.2) is 11.6 Å². The zero-order valence-electron chi connectivity index (χ0n) is 34.4. The van der Waals surface area contributed by atoms with E-state index in [2.05, 4.69) is 15.0 Å². The minimum Gasteiger partial charge on any atom is -0.497 e. The molecule has 3 atom stereocenters. The van der Waals surface area contributed by atoms with Gasteiger partial charge in [0.2, 0.25) is 5.28 Å². The molecule has 0 radical (unpaired) electrons. The van der Waals surface area contributed by atoms with E-state index in [4.69, 9.17) is 42.1 Å². The Hall–Kier alpha value is -5.28. The third kappa shape index (κ3) is 8.26. The summed E-state index contributed by atoms with van der Waals surface area (Å²) in [5, 5.41) is -0.687. The molecule has 3 saturated heterocycles. The van der Waals surface area contributed by atoms with Gasteiger partial charge in [-0.15, -0.1) is 0 Å². The van der Waals surface area contributed by atoms with Crippen molar-refractivity contribution in [1.82, 2.24) is 19.9 Å². The number of hydrogen-bond donors (Lipinski definition) is 0. The first-order valence-corrected chi connectivity index (χ1v) is 20.6. The Morgan fingerprint density at radius 1 is 0.918 bits per heavy atom. The van der Waals surface area contributed by atoms with E-state index in [-0.39, 0.29) is 83.4 Å². The predicted octanol–water partition coefficient (Wildman–Crippen LogP) is 10.3. The summed E-state index contributed by atoms with van der Waals surface area (Å²) >= 11 is 13.7. The fraction of sp³-hybridized carbons (Fsp3) is 0.409. The molecule has 0 aliphatic carbocycles. The topological polar surface area (TPSA) is 102 Å². The quantitative estimate of drug-likeness (QED) is 0.111. The van der Waals surface area contributed by atoms with Crippen molar-refractivity contribution in [2.75, 3.05) is 43.7 Å². The second-order valence-electron chi connectivity index (χ2n) is 16.6. The molecule has 61 heavy (non-hydrogen) atoms. The second kappa shape index (κ2) is 16.2. The van der Waals surface area contributed by atoms with Gasteiger partial charge >= 0.3 is 12.3 Å². The summed E-state index contributed by atoms with van der Waals surface area (Å²) in [6.45, 7) is 7.80. The number of piperidine rings is 1. The first kappa shape index (κ1) is 42.4. The SMILES string of the molecule is COc1ccc(CN(Cc2ccc(OC)cc2)c2cc(C)c(C(F)(F)F)c(-c3c(Cl)c4c5c(nc(Cl)nc5c3F)N3CC5CCC(CN5C(=O)OC(C)(C)C)C3CO4)n2)cc1. The van der Waals surface area contributed by atoms with Crippen molar-refractivity contribution >= 4 is 51.8 Å². The van der Waals surface area contributed by atoms with Crippen molar-refractivity contribution < 1.29 is 41.3 Å². The number of ether oxygens (including phenoxy) is 4. The van der Waals surface area contributed by atoms with Crippen LogP contribution in [0, 0.1) is 18.7 Å². The fourth-order valence-corrected chi connectivity index (χ4v) is 9.10. The zero-order valence-corrected chi connectivity index (χ0v) is 35.9. The van der Waals surface area contributed by atoms with Gasteiger partial charge in [-0.2, -0.15) is 18.2 Å². The van der Waals surface area contributed by atoms with E-state index >= 15 is 17.6 Å². The molecule has 0 spiro atoms. The maximum atomic E-state index is 17.5. The van der Waals surface area contributed by atoms with E-state index in [0.717, 1.165) is 17.5 Å². The molecule has 6 heterocycles. The maximum Gasteiger partial charge on any atom is 0.418 e. The number of aryl methyl sites for hydroxylation is 1. The van der Waals surface area contributed by atoms with Crippen molar-refractivity contribution in [1.29, 1.82) is 0 Å². The number of carbonyl (C=O) groups is 1. The predicted molar refractivity (Wildman–Crippen MR) is 224 cm³/mol. The Labute approximate surface area is 360 Å². The van der Waals surface area contributed by atoms with Crippen LogP contribution in [0.25, 0.3) is 22.2 Å². The Morgan fingerprint density at radius 2 is 1.54 bits per heavy atom. The molecular formula is C44H44Cl2F4N6O5. The number of methoxy groups -OCH3 is 2. The van der Waals surface area contributed by atoms with Crippen LogP contribution in [0.3, 0.4) is 0 Å². The first-order chi connectivity index (χ1) is 28.9. The highest BCUT2D eigenvalue weighted by Gasteiger charge is 2.47. The largest absolute Gasteiger partial charge is 0.497 e. The highest BCUT2D eigenvalue weighted by molar-refractivity contribution is 6.37. The highest BCUT2D eigenvalue weighted by atomic mass is 35.5. The number of fused-ring (bicyclic) bond motifs is 2. The van der Waals surface area contributed by atoms with Crippen LogP contribution in [0.1, 0.15) is 55.9 Å². The van der Waals surface area contributed by atoms with Crippen LogP contribution in [0.5, 0.6) is 17.2 Å². The van der Waals surface area contributed by atoms with Crippen LogP contribution in [-0.4, -0.2) is 77.5 Å². The molecule has 4 aliphatic heterocycles. The van der Waals surface area contributed by atoms with Crippen LogP contribution < -0.4 is 24.0 Å². The third-order valence-electron chi connectivity index (χ3n) is 11.4. The summed E-state index contributed by atoms with van der Waals surface area (Å²) in [6.07, 6.45) is -4.00. The monoisotopic (exact) mass is 882 g/mol. The second-order valence-corrected chi connectivity index (χ2v) is 17.3. The zero-order chi connectivity index (χ0) is 43.5. The van der Waals surface area contributed by atoms with E-state index in [9.17, 15) is 4.79 Å². The smallest absolute Gasteiger partial charge is 0.418 e. The number of hydrogen-bond acceptors (Lipinski definition) is 10. The number of alkyl halides is 3. The van der Waals surface area contributed by atoms with E-state index in [1.165, 1.54) is 13.0 Å². The van der Waals surface area contributed by atoms with Crippen LogP contribution in [-0.2, 0) is 24.0 Å². The molecule has 0 N–H and O–H groups in total. The lowest BCUT2D eigenvalue weighted by Crippen LogP contribution is -2.49. The van der Waals surface area contributed by atoms with E-state index in [1.54, 1.807) is 69.1 Å². The third-order valence-corrected chi connectivity index (χ3v) is 12.0. The molecule has 17 heteroatoms. The molecule has 2 aromatic heterocycles. The molecule has 0 saturated carbocycles. The summed E-state index contributed by atoms with van der Waals surface area (Å²) in [7, 11) is 3.11. The van der Waals surface area contributed by atoms with E-state index in [1.807, 2.05) is 29.2 Å². The van der Waals surface area contributed by atoms with Gasteiger partial charge < -0.3 is 33.6 Å². The number of benzene rings is 3. The standard InChI is InChI=1S/C44H44Cl2F4N6O5/c1-23-17-31(54(18-24-7-13-28(58-5)14-8-24)19-25-9-15-29(59-6)16-10-25)51-37(34(23)44(48,49)50)32-35(45)39-33-38(36(32)47)52-41(46)53-40(33)56-21-27-12-11-26(30(56)22-60-39)20-55(27)42(57)61-43(2,3)4/h7-10,13-17,26-27,30H,11-12,18-22H2,1-6H3. The van der Waals surface area contributed by atoms with Crippen molar-refractivity contribution in [3.05, 3.63) is 93.0 Å². The van der Waals surface area contributed by atoms with E-state index < -0.39 is 45.5 Å². The average Bonchev–Trinajstić information content (AvgIpc) is 3.55. The van der Waals surface area contributed by atoms with Crippen molar-refractivity contribution in [2.24, 2.45) is 5.92 Å². The Morgan fingerprint density at radius 3 is 2.11 bits per heavy atom. The molecule has 11 nitrogen and oxygen atoms in total. The lowest BCUT2D eigenvalue weighted by Gasteiger charge is -2.37. The number of nitrogens with zero attached hydrogens (tertiary/aromatic N) is 6. The lowest BCUT2D eigenvalue weighted by molar-refractivity contribution is -0.137. The van der Waals surface area contributed by atoms with Gasteiger partial charge in [-0.3, -0.25) is 0 Å². The number of anilines is 2. The number of pyridine rings is 1. The fourth-order valence-electron chi connectivity index (χ4n) is 8.61. The minimum absolute atomic E-state index is 0.00351. The van der Waals surface area contributed by atoms with Crippen molar-refractivity contribution in [3.63, 3.8) is 0 Å². The average molecular weight is 884 g/mol.